The van der Waals surface area contributed by atoms with Crippen molar-refractivity contribution < 1.29 is 9.59 Å². The minimum Gasteiger partial charge on any atom is -0.340 e. The third kappa shape index (κ3) is 2.95. The van der Waals surface area contributed by atoms with E-state index in [1.54, 1.807) is 12.1 Å². The fourth-order valence-electron chi connectivity index (χ4n) is 3.50. The van der Waals surface area contributed by atoms with Crippen LogP contribution in [0.3, 0.4) is 0 Å². The number of rotatable bonds is 3. The van der Waals surface area contributed by atoms with Gasteiger partial charge in [-0.05, 0) is 35.3 Å². The molecule has 1 atom stereocenters. The number of hydrogen-bond donors (Lipinski definition) is 2. The van der Waals surface area contributed by atoms with Gasteiger partial charge in [-0.3, -0.25) is 14.6 Å². The first-order chi connectivity index (χ1) is 14.1. The van der Waals surface area contributed by atoms with E-state index in [0.717, 1.165) is 15.6 Å². The van der Waals surface area contributed by atoms with Gasteiger partial charge in [0.05, 0.1) is 16.4 Å². The highest BCUT2D eigenvalue weighted by atomic mass is 35.5. The molecule has 142 valence electrons. The Balaban J connectivity index is 1.57. The van der Waals surface area contributed by atoms with Crippen LogP contribution in [0.4, 0.5) is 5.69 Å². The molecule has 0 aliphatic carbocycles. The molecule has 8 heteroatoms. The molecule has 2 aromatic heterocycles. The fourth-order valence-corrected chi connectivity index (χ4v) is 4.52. The van der Waals surface area contributed by atoms with E-state index in [0.29, 0.717) is 22.0 Å². The number of anilines is 1. The van der Waals surface area contributed by atoms with Gasteiger partial charge in [0.2, 0.25) is 0 Å². The number of pyridine rings is 1. The first-order valence-corrected chi connectivity index (χ1v) is 9.98. The maximum Gasteiger partial charge on any atom is 0.276 e. The lowest BCUT2D eigenvalue weighted by Crippen LogP contribution is -2.21. The first kappa shape index (κ1) is 17.8. The summed E-state index contributed by atoms with van der Waals surface area (Å²) in [5.74, 6) is -0.645. The van der Waals surface area contributed by atoms with Crippen molar-refractivity contribution in [1.29, 1.82) is 0 Å². The minimum atomic E-state index is -0.498. The number of aromatic nitrogens is 2. The molecule has 1 aliphatic rings. The monoisotopic (exact) mass is 420 g/mol. The van der Waals surface area contributed by atoms with Crippen molar-refractivity contribution in [3.05, 3.63) is 88.3 Å². The molecule has 2 N–H and O–H groups in total. The first-order valence-electron chi connectivity index (χ1n) is 8.83. The van der Waals surface area contributed by atoms with E-state index >= 15 is 0 Å². The van der Waals surface area contributed by atoms with Crippen LogP contribution in [0, 0.1) is 0 Å². The molecule has 2 amide bonds. The Bertz CT molecular complexity index is 1290. The van der Waals surface area contributed by atoms with Gasteiger partial charge in [0.1, 0.15) is 11.4 Å². The highest BCUT2D eigenvalue weighted by molar-refractivity contribution is 7.13. The summed E-state index contributed by atoms with van der Waals surface area (Å²) in [6.07, 6.45) is 1.50. The lowest BCUT2D eigenvalue weighted by atomic mass is 9.99. The predicted molar refractivity (Wildman–Crippen MR) is 113 cm³/mol. The van der Waals surface area contributed by atoms with Gasteiger partial charge in [0.15, 0.2) is 0 Å². The van der Waals surface area contributed by atoms with Crippen LogP contribution >= 0.6 is 23.1 Å². The van der Waals surface area contributed by atoms with Crippen molar-refractivity contribution in [2.75, 3.05) is 5.32 Å². The molecular weight excluding hydrogens is 408 g/mol. The van der Waals surface area contributed by atoms with Crippen molar-refractivity contribution >= 4 is 50.7 Å². The van der Waals surface area contributed by atoms with Crippen LogP contribution in [-0.4, -0.2) is 21.2 Å². The molecule has 0 bridgehead atoms. The summed E-state index contributed by atoms with van der Waals surface area (Å²) in [7, 11) is 0. The largest absolute Gasteiger partial charge is 0.340 e. The standard InChI is InChI=1S/C21H13ClN4O2S/c22-13-7-3-1-5-11(13)17-16-14(9-10-23-19(16)21(28)25-17)24-20(27)18-12-6-2-4-8-15(12)29-26-18/h1-10,17H,(H,25,28)(H,23,24,27). The second-order valence-electron chi connectivity index (χ2n) is 6.53. The number of carbonyl (C=O) groups is 2. The van der Waals surface area contributed by atoms with Crippen molar-refractivity contribution in [2.45, 2.75) is 6.04 Å². The van der Waals surface area contributed by atoms with Gasteiger partial charge < -0.3 is 10.6 Å². The number of nitrogens with one attached hydrogen (secondary N) is 2. The summed E-state index contributed by atoms with van der Waals surface area (Å²) < 4.78 is 5.24. The number of fused-ring (bicyclic) bond motifs is 2. The normalized spacial score (nSPS) is 15.2. The van der Waals surface area contributed by atoms with E-state index in [9.17, 15) is 9.59 Å². The van der Waals surface area contributed by atoms with E-state index in [2.05, 4.69) is 20.0 Å². The van der Waals surface area contributed by atoms with E-state index in [-0.39, 0.29) is 17.5 Å². The maximum absolute atomic E-state index is 13.0. The lowest BCUT2D eigenvalue weighted by molar-refractivity contribution is 0.0955. The molecule has 0 fully saturated rings. The second kappa shape index (κ2) is 6.95. The van der Waals surface area contributed by atoms with E-state index < -0.39 is 6.04 Å². The van der Waals surface area contributed by atoms with E-state index in [1.807, 2.05) is 42.5 Å². The van der Waals surface area contributed by atoms with Crippen LogP contribution in [0.1, 0.15) is 38.1 Å². The zero-order valence-corrected chi connectivity index (χ0v) is 16.4. The van der Waals surface area contributed by atoms with Gasteiger partial charge in [-0.15, -0.1) is 0 Å². The van der Waals surface area contributed by atoms with Crippen LogP contribution in [0.25, 0.3) is 10.1 Å². The highest BCUT2D eigenvalue weighted by Gasteiger charge is 2.35. The summed E-state index contributed by atoms with van der Waals surface area (Å²) in [6.45, 7) is 0. The van der Waals surface area contributed by atoms with Gasteiger partial charge in [0, 0.05) is 22.2 Å². The molecule has 5 rings (SSSR count). The molecule has 1 aliphatic heterocycles. The van der Waals surface area contributed by atoms with E-state index in [1.165, 1.54) is 17.7 Å². The third-order valence-corrected chi connectivity index (χ3v) is 6.00. The molecule has 0 radical (unpaired) electrons. The van der Waals surface area contributed by atoms with Gasteiger partial charge in [-0.1, -0.05) is 48.0 Å². The molecule has 2 aromatic carbocycles. The quantitative estimate of drug-likeness (QED) is 0.513. The zero-order valence-electron chi connectivity index (χ0n) is 14.8. The Hall–Kier alpha value is -3.29. The summed E-state index contributed by atoms with van der Waals surface area (Å²) >= 11 is 7.63. The molecular formula is C21H13ClN4O2S. The molecule has 3 heterocycles. The smallest absolute Gasteiger partial charge is 0.276 e. The average molecular weight is 421 g/mol. The Morgan fingerprint density at radius 3 is 2.76 bits per heavy atom. The number of halogens is 1. The average Bonchev–Trinajstić information content (AvgIpc) is 3.31. The van der Waals surface area contributed by atoms with Crippen LogP contribution in [0.2, 0.25) is 5.02 Å². The number of amides is 2. The maximum atomic E-state index is 13.0. The summed E-state index contributed by atoms with van der Waals surface area (Å²) in [5, 5.41) is 7.12. The molecule has 0 saturated heterocycles. The molecule has 4 aromatic rings. The van der Waals surface area contributed by atoms with Crippen LogP contribution in [-0.2, 0) is 0 Å². The highest BCUT2D eigenvalue weighted by Crippen LogP contribution is 2.38. The Labute approximate surface area is 174 Å². The van der Waals surface area contributed by atoms with E-state index in [4.69, 9.17) is 11.6 Å². The topological polar surface area (TPSA) is 84.0 Å². The fraction of sp³-hybridized carbons (Fsp3) is 0.0476. The SMILES string of the molecule is O=C1NC(c2ccccc2Cl)c2c(NC(=O)c3nsc4ccccc34)ccnc21. The molecule has 6 nitrogen and oxygen atoms in total. The Morgan fingerprint density at radius 2 is 1.90 bits per heavy atom. The third-order valence-electron chi connectivity index (χ3n) is 4.83. The zero-order chi connectivity index (χ0) is 20.0. The minimum absolute atomic E-state index is 0.274. The van der Waals surface area contributed by atoms with Crippen molar-refractivity contribution in [3.63, 3.8) is 0 Å². The number of carbonyl (C=O) groups excluding carboxylic acids is 2. The van der Waals surface area contributed by atoms with Gasteiger partial charge >= 0.3 is 0 Å². The summed E-state index contributed by atoms with van der Waals surface area (Å²) in [6, 6.07) is 16.0. The van der Waals surface area contributed by atoms with Crippen LogP contribution in [0.5, 0.6) is 0 Å². The molecule has 0 saturated carbocycles. The summed E-state index contributed by atoms with van der Waals surface area (Å²) in [4.78, 5) is 29.6. The van der Waals surface area contributed by atoms with Crippen molar-refractivity contribution in [1.82, 2.24) is 14.7 Å². The van der Waals surface area contributed by atoms with Gasteiger partial charge in [-0.2, -0.15) is 4.37 Å². The summed E-state index contributed by atoms with van der Waals surface area (Å²) in [5.41, 5.74) is 2.46. The van der Waals surface area contributed by atoms with Crippen molar-refractivity contribution in [3.8, 4) is 0 Å². The Morgan fingerprint density at radius 1 is 1.10 bits per heavy atom. The van der Waals surface area contributed by atoms with Crippen molar-refractivity contribution in [2.24, 2.45) is 0 Å². The van der Waals surface area contributed by atoms with Gasteiger partial charge in [0.25, 0.3) is 11.8 Å². The molecule has 0 spiro atoms. The number of hydrogen-bond acceptors (Lipinski definition) is 5. The molecule has 29 heavy (non-hydrogen) atoms. The predicted octanol–water partition coefficient (Wildman–Crippen LogP) is 4.43. The van der Waals surface area contributed by atoms with Crippen LogP contribution in [0.15, 0.2) is 60.8 Å². The van der Waals surface area contributed by atoms with Crippen LogP contribution < -0.4 is 10.6 Å². The molecule has 1 unspecified atom stereocenters. The number of nitrogens with zero attached hydrogens (tertiary/aromatic N) is 2. The second-order valence-corrected chi connectivity index (χ2v) is 7.74. The Kier molecular flexibility index (Phi) is 4.26. The van der Waals surface area contributed by atoms with Gasteiger partial charge in [-0.25, -0.2) is 0 Å². The number of benzene rings is 2. The lowest BCUT2D eigenvalue weighted by Gasteiger charge is -2.17.